The number of pyridine rings is 1. The Kier molecular flexibility index (Phi) is 5.87. The first-order valence-electron chi connectivity index (χ1n) is 9.15. The number of hydrogen-bond donors (Lipinski definition) is 0. The Balaban J connectivity index is 2.15. The first-order chi connectivity index (χ1) is 13.1. The lowest BCUT2D eigenvalue weighted by molar-refractivity contribution is -0.137. The molecule has 0 radical (unpaired) electrons. The van der Waals surface area contributed by atoms with Gasteiger partial charge < -0.3 is 9.30 Å². The Labute approximate surface area is 158 Å². The number of carbonyl (C=O) groups excluding carboxylic acids is 1. The summed E-state index contributed by atoms with van der Waals surface area (Å²) in [4.78, 5) is 25.0. The molecule has 1 heterocycles. The zero-order valence-electron chi connectivity index (χ0n) is 15.6. The SMILES string of the molecule is CCCCOC(=O)/C=C/c1c(-c2ccccc2)c2ccccc2n(C)c1=O. The van der Waals surface area contributed by atoms with Crippen LogP contribution in [0.15, 0.2) is 65.5 Å². The van der Waals surface area contributed by atoms with E-state index in [9.17, 15) is 9.59 Å². The van der Waals surface area contributed by atoms with Crippen molar-refractivity contribution in [2.45, 2.75) is 19.8 Å². The summed E-state index contributed by atoms with van der Waals surface area (Å²) in [5.74, 6) is -0.433. The lowest BCUT2D eigenvalue weighted by Gasteiger charge is -2.14. The number of rotatable bonds is 6. The molecule has 2 aromatic carbocycles. The van der Waals surface area contributed by atoms with Crippen LogP contribution in [0.1, 0.15) is 25.3 Å². The topological polar surface area (TPSA) is 48.3 Å². The molecule has 0 amide bonds. The second-order valence-electron chi connectivity index (χ2n) is 6.39. The third-order valence-electron chi connectivity index (χ3n) is 4.53. The number of esters is 1. The Morgan fingerprint density at radius 2 is 1.78 bits per heavy atom. The van der Waals surface area contributed by atoms with Crippen LogP contribution in [-0.2, 0) is 16.6 Å². The standard InChI is InChI=1S/C23H23NO3/c1-3-4-16-27-21(25)15-14-19-22(17-10-6-5-7-11-17)18-12-8-9-13-20(18)24(2)23(19)26/h5-15H,3-4,16H2,1-2H3/b15-14+. The van der Waals surface area contributed by atoms with E-state index in [1.807, 2.05) is 61.5 Å². The summed E-state index contributed by atoms with van der Waals surface area (Å²) in [5, 5.41) is 0.963. The van der Waals surface area contributed by atoms with E-state index in [0.29, 0.717) is 12.2 Å². The van der Waals surface area contributed by atoms with E-state index in [2.05, 4.69) is 0 Å². The molecule has 1 aromatic heterocycles. The monoisotopic (exact) mass is 361 g/mol. The van der Waals surface area contributed by atoms with E-state index in [1.165, 1.54) is 6.08 Å². The zero-order valence-corrected chi connectivity index (χ0v) is 15.6. The Hall–Kier alpha value is -3.14. The van der Waals surface area contributed by atoms with E-state index in [1.54, 1.807) is 17.7 Å². The van der Waals surface area contributed by atoms with Gasteiger partial charge in [-0.15, -0.1) is 0 Å². The molecule has 27 heavy (non-hydrogen) atoms. The number of aromatic nitrogens is 1. The molecule has 0 saturated carbocycles. The van der Waals surface area contributed by atoms with Crippen molar-refractivity contribution in [3.63, 3.8) is 0 Å². The van der Waals surface area contributed by atoms with Crippen molar-refractivity contribution in [3.8, 4) is 11.1 Å². The van der Waals surface area contributed by atoms with E-state index >= 15 is 0 Å². The third-order valence-corrected chi connectivity index (χ3v) is 4.53. The summed E-state index contributed by atoms with van der Waals surface area (Å²) in [6.45, 7) is 2.43. The summed E-state index contributed by atoms with van der Waals surface area (Å²) in [5.41, 5.74) is 2.95. The van der Waals surface area contributed by atoms with Crippen molar-refractivity contribution in [2.24, 2.45) is 7.05 Å². The highest BCUT2D eigenvalue weighted by Gasteiger charge is 2.15. The second kappa shape index (κ2) is 8.49. The third kappa shape index (κ3) is 4.00. The average Bonchev–Trinajstić information content (AvgIpc) is 2.70. The maximum Gasteiger partial charge on any atom is 0.330 e. The van der Waals surface area contributed by atoms with Crippen molar-refractivity contribution < 1.29 is 9.53 Å². The fraction of sp³-hybridized carbons (Fsp3) is 0.217. The normalized spacial score (nSPS) is 11.2. The van der Waals surface area contributed by atoms with Gasteiger partial charge >= 0.3 is 5.97 Å². The molecule has 4 nitrogen and oxygen atoms in total. The van der Waals surface area contributed by atoms with Gasteiger partial charge in [-0.2, -0.15) is 0 Å². The highest BCUT2D eigenvalue weighted by atomic mass is 16.5. The molecule has 0 saturated heterocycles. The van der Waals surface area contributed by atoms with E-state index in [-0.39, 0.29) is 5.56 Å². The summed E-state index contributed by atoms with van der Waals surface area (Å²) in [7, 11) is 1.75. The minimum atomic E-state index is -0.433. The van der Waals surface area contributed by atoms with Gasteiger partial charge in [0.2, 0.25) is 0 Å². The Morgan fingerprint density at radius 3 is 2.52 bits per heavy atom. The lowest BCUT2D eigenvalue weighted by Crippen LogP contribution is -2.21. The van der Waals surface area contributed by atoms with Crippen LogP contribution >= 0.6 is 0 Å². The predicted octanol–water partition coefficient (Wildman–Crippen LogP) is 4.56. The molecule has 0 aliphatic carbocycles. The van der Waals surface area contributed by atoms with Crippen molar-refractivity contribution >= 4 is 22.9 Å². The van der Waals surface area contributed by atoms with Crippen LogP contribution in [-0.4, -0.2) is 17.1 Å². The first-order valence-corrected chi connectivity index (χ1v) is 9.15. The number of para-hydroxylation sites is 1. The number of aryl methyl sites for hydroxylation is 1. The molecular formula is C23H23NO3. The molecule has 0 bridgehead atoms. The number of carbonyl (C=O) groups is 1. The first kappa shape index (κ1) is 18.6. The van der Waals surface area contributed by atoms with Crippen LogP contribution in [0.4, 0.5) is 0 Å². The van der Waals surface area contributed by atoms with Crippen molar-refractivity contribution in [1.82, 2.24) is 4.57 Å². The zero-order chi connectivity index (χ0) is 19.2. The summed E-state index contributed by atoms with van der Waals surface area (Å²) >= 11 is 0. The molecule has 0 fully saturated rings. The van der Waals surface area contributed by atoms with Crippen molar-refractivity contribution in [2.75, 3.05) is 6.61 Å². The van der Waals surface area contributed by atoms with Gasteiger partial charge in [0.15, 0.2) is 0 Å². The molecule has 0 unspecified atom stereocenters. The number of unbranched alkanes of at least 4 members (excludes halogenated alkanes) is 1. The quantitative estimate of drug-likeness (QED) is 0.367. The van der Waals surface area contributed by atoms with Crippen LogP contribution in [0.5, 0.6) is 0 Å². The van der Waals surface area contributed by atoms with Gasteiger partial charge in [0, 0.05) is 29.6 Å². The smallest absolute Gasteiger partial charge is 0.330 e. The number of fused-ring (bicyclic) bond motifs is 1. The van der Waals surface area contributed by atoms with Gasteiger partial charge in [0.1, 0.15) is 0 Å². The number of ether oxygens (including phenoxy) is 1. The van der Waals surface area contributed by atoms with Gasteiger partial charge in [-0.1, -0.05) is 61.9 Å². The molecular weight excluding hydrogens is 338 g/mol. The maximum absolute atomic E-state index is 13.0. The number of hydrogen-bond acceptors (Lipinski definition) is 3. The second-order valence-corrected chi connectivity index (χ2v) is 6.39. The molecule has 0 spiro atoms. The molecule has 3 aromatic rings. The highest BCUT2D eigenvalue weighted by Crippen LogP contribution is 2.30. The number of benzene rings is 2. The van der Waals surface area contributed by atoms with E-state index in [0.717, 1.165) is 34.9 Å². The minimum absolute atomic E-state index is 0.148. The van der Waals surface area contributed by atoms with Gasteiger partial charge in [-0.05, 0) is 24.1 Å². The maximum atomic E-state index is 13.0. The van der Waals surface area contributed by atoms with Crippen molar-refractivity contribution in [1.29, 1.82) is 0 Å². The number of nitrogens with zero attached hydrogens (tertiary/aromatic N) is 1. The van der Waals surface area contributed by atoms with Gasteiger partial charge in [-0.3, -0.25) is 4.79 Å². The summed E-state index contributed by atoms with van der Waals surface area (Å²) in [6.07, 6.45) is 4.70. The fourth-order valence-corrected chi connectivity index (χ4v) is 3.11. The Bertz CT molecular complexity index is 1030. The molecule has 4 heteroatoms. The van der Waals surface area contributed by atoms with Crippen LogP contribution < -0.4 is 5.56 Å². The van der Waals surface area contributed by atoms with E-state index in [4.69, 9.17) is 4.74 Å². The van der Waals surface area contributed by atoms with Crippen LogP contribution in [0.3, 0.4) is 0 Å². The Morgan fingerprint density at radius 1 is 1.07 bits per heavy atom. The van der Waals surface area contributed by atoms with Crippen LogP contribution in [0.2, 0.25) is 0 Å². The molecule has 0 aliphatic heterocycles. The molecule has 3 rings (SSSR count). The summed E-state index contributed by atoms with van der Waals surface area (Å²) < 4.78 is 6.79. The van der Waals surface area contributed by atoms with Crippen LogP contribution in [0, 0.1) is 0 Å². The van der Waals surface area contributed by atoms with Gasteiger partial charge in [0.25, 0.3) is 5.56 Å². The molecule has 138 valence electrons. The van der Waals surface area contributed by atoms with Crippen LogP contribution in [0.25, 0.3) is 28.1 Å². The minimum Gasteiger partial charge on any atom is -0.463 e. The largest absolute Gasteiger partial charge is 0.463 e. The molecule has 0 N–H and O–H groups in total. The summed E-state index contributed by atoms with van der Waals surface area (Å²) in [6, 6.07) is 17.5. The highest BCUT2D eigenvalue weighted by molar-refractivity contribution is 6.00. The predicted molar refractivity (Wildman–Crippen MR) is 110 cm³/mol. The lowest BCUT2D eigenvalue weighted by atomic mass is 9.95. The van der Waals surface area contributed by atoms with Gasteiger partial charge in [0.05, 0.1) is 12.1 Å². The molecule has 0 atom stereocenters. The molecule has 0 aliphatic rings. The fourth-order valence-electron chi connectivity index (χ4n) is 3.11. The van der Waals surface area contributed by atoms with Gasteiger partial charge in [-0.25, -0.2) is 4.79 Å². The van der Waals surface area contributed by atoms with E-state index < -0.39 is 5.97 Å². The average molecular weight is 361 g/mol. The van der Waals surface area contributed by atoms with Crippen molar-refractivity contribution in [3.05, 3.63) is 76.6 Å².